The van der Waals surface area contributed by atoms with Gasteiger partial charge in [0.1, 0.15) is 17.9 Å². The number of nitrogen functional groups attached to an aromatic ring is 1. The molecule has 1 aromatic carbocycles. The summed E-state index contributed by atoms with van der Waals surface area (Å²) in [7, 11) is 3.31. The van der Waals surface area contributed by atoms with Gasteiger partial charge in [0, 0.05) is 18.8 Å². The van der Waals surface area contributed by atoms with Crippen molar-refractivity contribution in [3.63, 3.8) is 0 Å². The number of aromatic nitrogens is 2. The van der Waals surface area contributed by atoms with Crippen LogP contribution < -0.4 is 10.5 Å². The van der Waals surface area contributed by atoms with Crippen LogP contribution in [0.2, 0.25) is 0 Å². The van der Waals surface area contributed by atoms with Crippen LogP contribution in [0.25, 0.3) is 0 Å². The van der Waals surface area contributed by atoms with Gasteiger partial charge in [-0.2, -0.15) is 5.10 Å². The minimum absolute atomic E-state index is 0.163. The Labute approximate surface area is 123 Å². The van der Waals surface area contributed by atoms with Crippen molar-refractivity contribution < 1.29 is 14.3 Å². The number of anilines is 1. The molecule has 0 fully saturated rings. The number of aryl methyl sites for hydroxylation is 2. The molecule has 0 amide bonds. The van der Waals surface area contributed by atoms with E-state index < -0.39 is 5.97 Å². The van der Waals surface area contributed by atoms with Crippen molar-refractivity contribution in [2.45, 2.75) is 20.0 Å². The smallest absolute Gasteiger partial charge is 0.342 e. The van der Waals surface area contributed by atoms with Crippen molar-refractivity contribution >= 4 is 11.7 Å². The third-order valence-electron chi connectivity index (χ3n) is 3.19. The molecular weight excluding hydrogens is 270 g/mol. The van der Waals surface area contributed by atoms with E-state index in [1.54, 1.807) is 22.9 Å². The zero-order valence-electron chi connectivity index (χ0n) is 12.4. The van der Waals surface area contributed by atoms with Crippen molar-refractivity contribution in [3.05, 3.63) is 41.2 Å². The lowest BCUT2D eigenvalue weighted by Crippen LogP contribution is -2.09. The van der Waals surface area contributed by atoms with Gasteiger partial charge in [-0.15, -0.1) is 0 Å². The molecule has 0 bridgehead atoms. The minimum Gasteiger partial charge on any atom is -0.496 e. The largest absolute Gasteiger partial charge is 0.496 e. The Bertz CT molecular complexity index is 650. The molecule has 2 N–H and O–H groups in total. The number of rotatable bonds is 5. The van der Waals surface area contributed by atoms with Crippen LogP contribution in [0.4, 0.5) is 5.69 Å². The van der Waals surface area contributed by atoms with Gasteiger partial charge in [0.15, 0.2) is 0 Å². The minimum atomic E-state index is -0.453. The van der Waals surface area contributed by atoms with Crippen LogP contribution >= 0.6 is 0 Å². The molecule has 0 unspecified atom stereocenters. The van der Waals surface area contributed by atoms with Crippen molar-refractivity contribution in [2.24, 2.45) is 7.05 Å². The summed E-state index contributed by atoms with van der Waals surface area (Å²) in [4.78, 5) is 12.1. The van der Waals surface area contributed by atoms with Gasteiger partial charge in [0.05, 0.1) is 18.5 Å². The Kier molecular flexibility index (Phi) is 4.47. The van der Waals surface area contributed by atoms with Crippen LogP contribution in [0.1, 0.15) is 28.7 Å². The van der Waals surface area contributed by atoms with Crippen LogP contribution in [0.5, 0.6) is 5.75 Å². The van der Waals surface area contributed by atoms with E-state index in [0.717, 1.165) is 17.8 Å². The molecular formula is C15H19N3O3. The first-order valence-corrected chi connectivity index (χ1v) is 6.67. The Morgan fingerprint density at radius 1 is 1.38 bits per heavy atom. The first-order chi connectivity index (χ1) is 10.0. The number of nitrogens with two attached hydrogens (primary N) is 1. The predicted molar refractivity (Wildman–Crippen MR) is 79.1 cm³/mol. The van der Waals surface area contributed by atoms with Gasteiger partial charge >= 0.3 is 5.97 Å². The number of carbonyl (C=O) groups is 1. The molecule has 2 aromatic rings. The molecule has 0 aliphatic carbocycles. The van der Waals surface area contributed by atoms with E-state index in [2.05, 4.69) is 5.10 Å². The first-order valence-electron chi connectivity index (χ1n) is 6.67. The lowest BCUT2D eigenvalue weighted by atomic mass is 10.2. The number of hydrogen-bond donors (Lipinski definition) is 1. The second-order valence-corrected chi connectivity index (χ2v) is 4.64. The van der Waals surface area contributed by atoms with Gasteiger partial charge in [0.25, 0.3) is 0 Å². The number of nitrogens with zero attached hydrogens (tertiary/aromatic N) is 2. The maximum atomic E-state index is 12.1. The summed E-state index contributed by atoms with van der Waals surface area (Å²) < 4.78 is 12.2. The standard InChI is InChI=1S/C15H19N3O3/c1-4-11-8-12(18(2)17-11)9-21-15(19)13-6-5-10(16)7-14(13)20-3/h5-8H,4,9,16H2,1-3H3. The van der Waals surface area contributed by atoms with E-state index in [4.69, 9.17) is 15.2 Å². The zero-order chi connectivity index (χ0) is 15.4. The summed E-state index contributed by atoms with van der Waals surface area (Å²) >= 11 is 0. The summed E-state index contributed by atoms with van der Waals surface area (Å²) in [6, 6.07) is 6.75. The summed E-state index contributed by atoms with van der Waals surface area (Å²) in [6.07, 6.45) is 0.841. The number of esters is 1. The second-order valence-electron chi connectivity index (χ2n) is 4.64. The highest BCUT2D eigenvalue weighted by molar-refractivity contribution is 5.93. The van der Waals surface area contributed by atoms with Gasteiger partial charge in [-0.1, -0.05) is 6.92 Å². The van der Waals surface area contributed by atoms with Gasteiger partial charge in [-0.25, -0.2) is 4.79 Å². The molecule has 0 saturated heterocycles. The van der Waals surface area contributed by atoms with Gasteiger partial charge in [-0.3, -0.25) is 4.68 Å². The van der Waals surface area contributed by atoms with Crippen molar-refractivity contribution in [2.75, 3.05) is 12.8 Å². The number of carbonyl (C=O) groups excluding carboxylic acids is 1. The molecule has 0 atom stereocenters. The Balaban J connectivity index is 2.09. The zero-order valence-corrected chi connectivity index (χ0v) is 12.4. The van der Waals surface area contributed by atoms with Crippen molar-refractivity contribution in [1.29, 1.82) is 0 Å². The monoisotopic (exact) mass is 289 g/mol. The number of benzene rings is 1. The van der Waals surface area contributed by atoms with E-state index in [-0.39, 0.29) is 6.61 Å². The third kappa shape index (κ3) is 3.34. The third-order valence-corrected chi connectivity index (χ3v) is 3.19. The highest BCUT2D eigenvalue weighted by Crippen LogP contribution is 2.22. The SMILES string of the molecule is CCc1cc(COC(=O)c2ccc(N)cc2OC)n(C)n1. The molecule has 6 heteroatoms. The molecule has 1 heterocycles. The van der Waals surface area contributed by atoms with E-state index >= 15 is 0 Å². The maximum Gasteiger partial charge on any atom is 0.342 e. The van der Waals surface area contributed by atoms with E-state index in [1.165, 1.54) is 7.11 Å². The molecule has 112 valence electrons. The predicted octanol–water partition coefficient (Wildman–Crippen LogP) is 1.93. The van der Waals surface area contributed by atoms with Gasteiger partial charge < -0.3 is 15.2 Å². The summed E-state index contributed by atoms with van der Waals surface area (Å²) in [5.41, 5.74) is 8.35. The normalized spacial score (nSPS) is 10.4. The fourth-order valence-corrected chi connectivity index (χ4v) is 1.97. The average molecular weight is 289 g/mol. The highest BCUT2D eigenvalue weighted by atomic mass is 16.5. The van der Waals surface area contributed by atoms with Crippen LogP contribution in [0.3, 0.4) is 0 Å². The number of ether oxygens (including phenoxy) is 2. The molecule has 0 aliphatic heterocycles. The van der Waals surface area contributed by atoms with E-state index in [1.807, 2.05) is 20.0 Å². The Morgan fingerprint density at radius 2 is 2.14 bits per heavy atom. The average Bonchev–Trinajstić information content (AvgIpc) is 2.85. The maximum absolute atomic E-state index is 12.1. The number of hydrogen-bond acceptors (Lipinski definition) is 5. The topological polar surface area (TPSA) is 79.4 Å². The molecule has 1 aromatic heterocycles. The van der Waals surface area contributed by atoms with Crippen LogP contribution in [-0.4, -0.2) is 22.9 Å². The van der Waals surface area contributed by atoms with Crippen molar-refractivity contribution in [3.8, 4) is 5.75 Å². The summed E-state index contributed by atoms with van der Waals surface area (Å²) in [5.74, 6) is -0.0506. The quantitative estimate of drug-likeness (QED) is 0.672. The molecule has 6 nitrogen and oxygen atoms in total. The Hall–Kier alpha value is -2.50. The Morgan fingerprint density at radius 3 is 2.76 bits per heavy atom. The molecule has 2 rings (SSSR count). The summed E-state index contributed by atoms with van der Waals surface area (Å²) in [6.45, 7) is 2.19. The molecule has 0 saturated carbocycles. The lowest BCUT2D eigenvalue weighted by Gasteiger charge is -2.09. The highest BCUT2D eigenvalue weighted by Gasteiger charge is 2.15. The molecule has 0 spiro atoms. The van der Waals surface area contributed by atoms with E-state index in [0.29, 0.717) is 17.0 Å². The second kappa shape index (κ2) is 6.30. The fraction of sp³-hybridized carbons (Fsp3) is 0.333. The summed E-state index contributed by atoms with van der Waals surface area (Å²) in [5, 5.41) is 4.31. The first kappa shape index (κ1) is 14.9. The van der Waals surface area contributed by atoms with Gasteiger partial charge in [-0.05, 0) is 24.6 Å². The fourth-order valence-electron chi connectivity index (χ4n) is 1.97. The number of methoxy groups -OCH3 is 1. The van der Waals surface area contributed by atoms with Crippen LogP contribution in [0.15, 0.2) is 24.3 Å². The van der Waals surface area contributed by atoms with Gasteiger partial charge in [0.2, 0.25) is 0 Å². The van der Waals surface area contributed by atoms with E-state index in [9.17, 15) is 4.79 Å². The van der Waals surface area contributed by atoms with Crippen LogP contribution in [-0.2, 0) is 24.8 Å². The molecule has 0 aliphatic rings. The lowest BCUT2D eigenvalue weighted by molar-refractivity contribution is 0.0460. The van der Waals surface area contributed by atoms with Crippen molar-refractivity contribution in [1.82, 2.24) is 9.78 Å². The molecule has 21 heavy (non-hydrogen) atoms. The molecule has 0 radical (unpaired) electrons. The van der Waals surface area contributed by atoms with Crippen LogP contribution in [0, 0.1) is 0 Å².